The summed E-state index contributed by atoms with van der Waals surface area (Å²) in [5.41, 5.74) is 6.66. The van der Waals surface area contributed by atoms with E-state index in [0.717, 1.165) is 15.4 Å². The number of anilines is 1. The molecule has 1 heterocycles. The third-order valence-electron chi connectivity index (χ3n) is 2.98. The Morgan fingerprint density at radius 3 is 2.62 bits per heavy atom. The van der Waals surface area contributed by atoms with Gasteiger partial charge in [0.05, 0.1) is 17.2 Å². The average molecular weight is 329 g/mol. The smallest absolute Gasteiger partial charge is 0.246 e. The first-order chi connectivity index (χ1) is 9.71. The van der Waals surface area contributed by atoms with Crippen molar-refractivity contribution in [1.29, 1.82) is 0 Å². The van der Waals surface area contributed by atoms with Crippen molar-refractivity contribution >= 4 is 27.0 Å². The van der Waals surface area contributed by atoms with Gasteiger partial charge in [0.15, 0.2) is 0 Å². The summed E-state index contributed by atoms with van der Waals surface area (Å²) in [6.45, 7) is 3.40. The molecular formula is C13H16FN3O2S2. The van der Waals surface area contributed by atoms with Crippen molar-refractivity contribution in [2.24, 2.45) is 0 Å². The van der Waals surface area contributed by atoms with Gasteiger partial charge in [-0.3, -0.25) is 0 Å². The summed E-state index contributed by atoms with van der Waals surface area (Å²) in [5.74, 6) is -0.773. The van der Waals surface area contributed by atoms with Gasteiger partial charge in [0.2, 0.25) is 10.0 Å². The molecule has 1 aromatic carbocycles. The third-order valence-corrected chi connectivity index (χ3v) is 5.61. The molecule has 2 aromatic rings. The van der Waals surface area contributed by atoms with E-state index in [1.54, 1.807) is 5.38 Å². The number of hydrogen-bond donors (Lipinski definition) is 1. The van der Waals surface area contributed by atoms with E-state index >= 15 is 0 Å². The highest BCUT2D eigenvalue weighted by Crippen LogP contribution is 2.25. The van der Waals surface area contributed by atoms with E-state index < -0.39 is 20.7 Å². The van der Waals surface area contributed by atoms with Crippen LogP contribution in [0, 0.1) is 19.7 Å². The van der Waals surface area contributed by atoms with Crippen LogP contribution in [0.3, 0.4) is 0 Å². The fraction of sp³-hybridized carbons (Fsp3) is 0.308. The fourth-order valence-corrected chi connectivity index (χ4v) is 3.83. The molecule has 1 aromatic heterocycles. The molecule has 0 aliphatic carbocycles. The maximum Gasteiger partial charge on any atom is 0.246 e. The molecule has 2 rings (SSSR count). The van der Waals surface area contributed by atoms with Crippen molar-refractivity contribution in [2.45, 2.75) is 25.3 Å². The lowest BCUT2D eigenvalue weighted by molar-refractivity contribution is 0.456. The lowest BCUT2D eigenvalue weighted by Gasteiger charge is -2.17. The van der Waals surface area contributed by atoms with Gasteiger partial charge in [0.1, 0.15) is 10.7 Å². The molecule has 0 spiro atoms. The molecule has 5 nitrogen and oxygen atoms in total. The monoisotopic (exact) mass is 329 g/mol. The third kappa shape index (κ3) is 3.22. The molecule has 0 radical (unpaired) electrons. The maximum absolute atomic E-state index is 14.1. The molecule has 0 aliphatic heterocycles. The van der Waals surface area contributed by atoms with Crippen LogP contribution in [-0.2, 0) is 16.6 Å². The number of thiazole rings is 1. The minimum absolute atomic E-state index is 0.0833. The second-order valence-corrected chi connectivity index (χ2v) is 7.84. The van der Waals surface area contributed by atoms with Gasteiger partial charge in [-0.05, 0) is 31.5 Å². The molecule has 2 N–H and O–H groups in total. The van der Waals surface area contributed by atoms with Crippen LogP contribution in [0.1, 0.15) is 16.3 Å². The number of rotatable bonds is 4. The first-order valence-corrected chi connectivity index (χ1v) is 8.46. The van der Waals surface area contributed by atoms with Crippen LogP contribution < -0.4 is 5.73 Å². The van der Waals surface area contributed by atoms with E-state index in [4.69, 9.17) is 5.73 Å². The first-order valence-electron chi connectivity index (χ1n) is 6.15. The number of halogens is 1. The standard InChI is InChI=1S/C13H16FN3O2S2/c1-8-4-10(15)5-12(13(8)14)21(18,19)17(3)6-11-7-20-9(2)16-11/h4-5,7H,6,15H2,1-3H3. The van der Waals surface area contributed by atoms with Gasteiger partial charge >= 0.3 is 0 Å². The lowest BCUT2D eigenvalue weighted by atomic mass is 10.2. The van der Waals surface area contributed by atoms with Crippen molar-refractivity contribution in [3.63, 3.8) is 0 Å². The Kier molecular flexibility index (Phi) is 4.31. The van der Waals surface area contributed by atoms with E-state index in [0.29, 0.717) is 5.69 Å². The highest BCUT2D eigenvalue weighted by atomic mass is 32.2. The average Bonchev–Trinajstić information content (AvgIpc) is 2.79. The Bertz CT molecular complexity index is 772. The zero-order valence-electron chi connectivity index (χ0n) is 11.9. The van der Waals surface area contributed by atoms with Crippen LogP contribution in [0.4, 0.5) is 10.1 Å². The zero-order valence-corrected chi connectivity index (χ0v) is 13.6. The fourth-order valence-electron chi connectivity index (χ4n) is 1.91. The molecule has 0 saturated carbocycles. The zero-order chi connectivity index (χ0) is 15.8. The summed E-state index contributed by atoms with van der Waals surface area (Å²) >= 11 is 1.43. The topological polar surface area (TPSA) is 76.3 Å². The van der Waals surface area contributed by atoms with Gasteiger partial charge in [-0.15, -0.1) is 11.3 Å². The van der Waals surface area contributed by atoms with Crippen molar-refractivity contribution < 1.29 is 12.8 Å². The van der Waals surface area contributed by atoms with Crippen LogP contribution in [0.2, 0.25) is 0 Å². The molecule has 0 amide bonds. The molecule has 0 bridgehead atoms. The molecule has 0 saturated heterocycles. The van der Waals surface area contributed by atoms with Crippen LogP contribution in [0.25, 0.3) is 0 Å². The summed E-state index contributed by atoms with van der Waals surface area (Å²) in [6, 6.07) is 2.54. The first kappa shape index (κ1) is 15.9. The molecular weight excluding hydrogens is 313 g/mol. The van der Waals surface area contributed by atoms with E-state index in [9.17, 15) is 12.8 Å². The van der Waals surface area contributed by atoms with Crippen LogP contribution in [0.15, 0.2) is 22.4 Å². The van der Waals surface area contributed by atoms with Crippen molar-refractivity contribution in [3.05, 3.63) is 39.6 Å². The Hall–Kier alpha value is -1.51. The minimum atomic E-state index is -3.96. The summed E-state index contributed by atoms with van der Waals surface area (Å²) < 4.78 is 40.1. The van der Waals surface area contributed by atoms with E-state index in [1.165, 1.54) is 31.4 Å². The van der Waals surface area contributed by atoms with Gasteiger partial charge in [-0.1, -0.05) is 0 Å². The SMILES string of the molecule is Cc1nc(CN(C)S(=O)(=O)c2cc(N)cc(C)c2F)cs1. The number of nitrogens with zero attached hydrogens (tertiary/aromatic N) is 2. The molecule has 21 heavy (non-hydrogen) atoms. The molecule has 0 fully saturated rings. The summed E-state index contributed by atoms with van der Waals surface area (Å²) in [4.78, 5) is 3.80. The van der Waals surface area contributed by atoms with Crippen molar-refractivity contribution in [2.75, 3.05) is 12.8 Å². The summed E-state index contributed by atoms with van der Waals surface area (Å²) in [6.07, 6.45) is 0. The highest BCUT2D eigenvalue weighted by molar-refractivity contribution is 7.89. The lowest BCUT2D eigenvalue weighted by Crippen LogP contribution is -2.27. The van der Waals surface area contributed by atoms with Gasteiger partial charge in [-0.2, -0.15) is 4.31 Å². The largest absolute Gasteiger partial charge is 0.399 e. The molecule has 114 valence electrons. The van der Waals surface area contributed by atoms with Gasteiger partial charge < -0.3 is 5.73 Å². The Balaban J connectivity index is 2.37. The van der Waals surface area contributed by atoms with E-state index in [2.05, 4.69) is 4.98 Å². The van der Waals surface area contributed by atoms with Crippen LogP contribution in [-0.4, -0.2) is 24.8 Å². The Morgan fingerprint density at radius 1 is 1.38 bits per heavy atom. The number of hydrogen-bond acceptors (Lipinski definition) is 5. The van der Waals surface area contributed by atoms with Gasteiger partial charge in [0.25, 0.3) is 0 Å². The molecule has 0 aliphatic rings. The van der Waals surface area contributed by atoms with Crippen LogP contribution >= 0.6 is 11.3 Å². The van der Waals surface area contributed by atoms with Crippen molar-refractivity contribution in [3.8, 4) is 0 Å². The Morgan fingerprint density at radius 2 is 2.05 bits per heavy atom. The van der Waals surface area contributed by atoms with E-state index in [-0.39, 0.29) is 17.8 Å². The molecule has 0 atom stereocenters. The number of aromatic nitrogens is 1. The predicted octanol–water partition coefficient (Wildman–Crippen LogP) is 2.30. The minimum Gasteiger partial charge on any atom is -0.399 e. The maximum atomic E-state index is 14.1. The Labute approximate surface area is 127 Å². The summed E-state index contributed by atoms with van der Waals surface area (Å²) in [5, 5.41) is 2.63. The number of aryl methyl sites for hydroxylation is 2. The molecule has 0 unspecified atom stereocenters. The van der Waals surface area contributed by atoms with Crippen LogP contribution in [0.5, 0.6) is 0 Å². The second-order valence-electron chi connectivity index (χ2n) is 4.77. The van der Waals surface area contributed by atoms with Gasteiger partial charge in [-0.25, -0.2) is 17.8 Å². The molecule has 8 heteroatoms. The number of nitrogen functional groups attached to an aromatic ring is 1. The predicted molar refractivity (Wildman–Crippen MR) is 81.1 cm³/mol. The number of sulfonamides is 1. The highest BCUT2D eigenvalue weighted by Gasteiger charge is 2.26. The quantitative estimate of drug-likeness (QED) is 0.873. The van der Waals surface area contributed by atoms with Gasteiger partial charge in [0, 0.05) is 18.1 Å². The second kappa shape index (κ2) is 5.70. The van der Waals surface area contributed by atoms with Crippen molar-refractivity contribution in [1.82, 2.24) is 9.29 Å². The normalized spacial score (nSPS) is 12.0. The summed E-state index contributed by atoms with van der Waals surface area (Å²) in [7, 11) is -2.57. The van der Waals surface area contributed by atoms with E-state index in [1.807, 2.05) is 6.92 Å². The number of nitrogens with two attached hydrogens (primary N) is 1. The number of benzene rings is 1.